The first-order chi connectivity index (χ1) is 10.9. The van der Waals surface area contributed by atoms with Crippen LogP contribution in [0, 0.1) is 0 Å². The highest BCUT2D eigenvalue weighted by Gasteiger charge is 2.00. The summed E-state index contributed by atoms with van der Waals surface area (Å²) >= 11 is 0. The van der Waals surface area contributed by atoms with Crippen molar-refractivity contribution in [2.45, 2.75) is 13.0 Å². The number of pyridine rings is 1. The zero-order chi connectivity index (χ0) is 15.5. The minimum absolute atomic E-state index is 0. The Morgan fingerprint density at radius 1 is 1.22 bits per heavy atom. The Hall–Kier alpha value is -1.61. The van der Waals surface area contributed by atoms with Crippen LogP contribution >= 0.6 is 24.0 Å². The summed E-state index contributed by atoms with van der Waals surface area (Å²) in [5.41, 5.74) is 0.932. The number of nitrogens with zero attached hydrogens (tertiary/aromatic N) is 2. The van der Waals surface area contributed by atoms with Crippen molar-refractivity contribution in [2.24, 2.45) is 4.99 Å². The van der Waals surface area contributed by atoms with E-state index < -0.39 is 0 Å². The number of furan rings is 1. The Morgan fingerprint density at radius 2 is 2.09 bits per heavy atom. The quantitative estimate of drug-likeness (QED) is 0.291. The lowest BCUT2D eigenvalue weighted by atomic mass is 10.3. The summed E-state index contributed by atoms with van der Waals surface area (Å²) < 4.78 is 10.4. The molecule has 126 valence electrons. The van der Waals surface area contributed by atoms with Gasteiger partial charge in [0, 0.05) is 32.8 Å². The van der Waals surface area contributed by atoms with E-state index in [1.807, 2.05) is 30.3 Å². The van der Waals surface area contributed by atoms with Gasteiger partial charge in [-0.05, 0) is 24.3 Å². The molecule has 0 bridgehead atoms. The molecule has 0 aliphatic heterocycles. The lowest BCUT2D eigenvalue weighted by Gasteiger charge is -2.11. The minimum atomic E-state index is 0. The molecule has 2 aromatic heterocycles. The number of nitrogens with one attached hydrogen (secondary N) is 2. The smallest absolute Gasteiger partial charge is 0.191 e. The molecule has 0 fully saturated rings. The van der Waals surface area contributed by atoms with E-state index in [1.165, 1.54) is 0 Å². The number of hydrogen-bond donors (Lipinski definition) is 2. The predicted molar refractivity (Wildman–Crippen MR) is 101 cm³/mol. The molecule has 0 aliphatic carbocycles. The van der Waals surface area contributed by atoms with Crippen molar-refractivity contribution >= 4 is 29.9 Å². The molecule has 0 spiro atoms. The first kappa shape index (κ1) is 19.4. The monoisotopic (exact) mass is 430 g/mol. The number of methoxy groups -OCH3 is 1. The van der Waals surface area contributed by atoms with Crippen molar-refractivity contribution < 1.29 is 9.15 Å². The lowest BCUT2D eigenvalue weighted by molar-refractivity contribution is 0.203. The number of aromatic nitrogens is 1. The fourth-order valence-corrected chi connectivity index (χ4v) is 1.86. The van der Waals surface area contributed by atoms with Crippen molar-refractivity contribution in [1.29, 1.82) is 0 Å². The van der Waals surface area contributed by atoms with Gasteiger partial charge in [0.1, 0.15) is 5.76 Å². The van der Waals surface area contributed by atoms with Gasteiger partial charge < -0.3 is 19.8 Å². The molecule has 0 atom stereocenters. The van der Waals surface area contributed by atoms with Gasteiger partial charge in [0.2, 0.25) is 0 Å². The van der Waals surface area contributed by atoms with Crippen LogP contribution in [0.4, 0.5) is 0 Å². The number of halogens is 1. The summed E-state index contributed by atoms with van der Waals surface area (Å²) in [5, 5.41) is 6.51. The van der Waals surface area contributed by atoms with Gasteiger partial charge in [0.05, 0.1) is 25.1 Å². The highest BCUT2D eigenvalue weighted by Crippen LogP contribution is 1.99. The van der Waals surface area contributed by atoms with Gasteiger partial charge in [-0.1, -0.05) is 6.07 Å². The van der Waals surface area contributed by atoms with Crippen LogP contribution in [0.25, 0.3) is 0 Å². The molecule has 0 unspecified atom stereocenters. The van der Waals surface area contributed by atoms with E-state index in [-0.39, 0.29) is 24.0 Å². The summed E-state index contributed by atoms with van der Waals surface area (Å²) in [6, 6.07) is 9.67. The Kier molecular flexibility index (Phi) is 10.0. The molecular weight excluding hydrogens is 407 g/mol. The summed E-state index contributed by atoms with van der Waals surface area (Å²) in [7, 11) is 1.68. The van der Waals surface area contributed by atoms with Crippen LogP contribution in [0.5, 0.6) is 0 Å². The Labute approximate surface area is 153 Å². The number of rotatable bonds is 8. The predicted octanol–water partition coefficient (Wildman–Crippen LogP) is 2.22. The molecule has 0 aliphatic rings. The summed E-state index contributed by atoms with van der Waals surface area (Å²) in [6.45, 7) is 2.60. The van der Waals surface area contributed by atoms with Gasteiger partial charge in [-0.2, -0.15) is 0 Å². The molecule has 2 N–H and O–H groups in total. The van der Waals surface area contributed by atoms with Crippen molar-refractivity contribution in [3.05, 3.63) is 54.2 Å². The summed E-state index contributed by atoms with van der Waals surface area (Å²) in [6.07, 6.45) is 4.26. The molecule has 0 saturated heterocycles. The van der Waals surface area contributed by atoms with Crippen molar-refractivity contribution in [2.75, 3.05) is 26.8 Å². The van der Waals surface area contributed by atoms with E-state index in [2.05, 4.69) is 20.6 Å². The van der Waals surface area contributed by atoms with Crippen LogP contribution in [0.2, 0.25) is 0 Å². The van der Waals surface area contributed by atoms with Crippen LogP contribution in [0.1, 0.15) is 11.5 Å². The van der Waals surface area contributed by atoms with E-state index in [4.69, 9.17) is 9.15 Å². The van der Waals surface area contributed by atoms with Crippen molar-refractivity contribution in [3.8, 4) is 0 Å². The third-order valence-corrected chi connectivity index (χ3v) is 2.97. The lowest BCUT2D eigenvalue weighted by Crippen LogP contribution is -2.40. The van der Waals surface area contributed by atoms with Crippen LogP contribution in [-0.4, -0.2) is 37.7 Å². The number of hydrogen-bond acceptors (Lipinski definition) is 4. The molecule has 2 rings (SSSR count). The minimum Gasteiger partial charge on any atom is -0.469 e. The molecule has 0 aromatic carbocycles. The third kappa shape index (κ3) is 7.98. The zero-order valence-corrected chi connectivity index (χ0v) is 15.5. The van der Waals surface area contributed by atoms with E-state index in [9.17, 15) is 0 Å². The molecule has 0 amide bonds. The molecular formula is C16H23IN4O2. The molecule has 7 heteroatoms. The first-order valence-electron chi connectivity index (χ1n) is 7.32. The van der Waals surface area contributed by atoms with Gasteiger partial charge in [-0.25, -0.2) is 4.99 Å². The molecule has 23 heavy (non-hydrogen) atoms. The number of guanidine groups is 1. The van der Waals surface area contributed by atoms with Crippen molar-refractivity contribution in [1.82, 2.24) is 15.6 Å². The molecule has 2 heterocycles. The van der Waals surface area contributed by atoms with Crippen molar-refractivity contribution in [3.63, 3.8) is 0 Å². The average Bonchev–Trinajstić information content (AvgIpc) is 3.06. The highest BCUT2D eigenvalue weighted by molar-refractivity contribution is 14.0. The van der Waals surface area contributed by atoms with Gasteiger partial charge in [-0.3, -0.25) is 4.98 Å². The fraction of sp³-hybridized carbons (Fsp3) is 0.375. The second kappa shape index (κ2) is 11.9. The average molecular weight is 430 g/mol. The Morgan fingerprint density at radius 3 is 2.78 bits per heavy atom. The maximum Gasteiger partial charge on any atom is 0.191 e. The number of aliphatic imine (C=N–C) groups is 1. The zero-order valence-electron chi connectivity index (χ0n) is 13.2. The SMILES string of the molecule is COCCNC(=NCc1ccccn1)NCCc1ccco1.I. The Bertz CT molecular complexity index is 546. The first-order valence-corrected chi connectivity index (χ1v) is 7.32. The summed E-state index contributed by atoms with van der Waals surface area (Å²) in [4.78, 5) is 8.80. The van der Waals surface area contributed by atoms with Crippen LogP contribution in [0.15, 0.2) is 52.2 Å². The number of ether oxygens (including phenoxy) is 1. The van der Waals surface area contributed by atoms with Crippen LogP contribution in [0.3, 0.4) is 0 Å². The standard InChI is InChI=1S/C16H22N4O2.HI/c1-21-12-10-19-16(18-9-7-15-6-4-11-22-15)20-13-14-5-2-3-8-17-14;/h2-6,8,11H,7,9-10,12-13H2,1H3,(H2,18,19,20);1H. The fourth-order valence-electron chi connectivity index (χ4n) is 1.86. The van der Waals surface area contributed by atoms with Gasteiger partial charge in [-0.15, -0.1) is 24.0 Å². The van der Waals surface area contributed by atoms with Crippen LogP contribution in [-0.2, 0) is 17.7 Å². The van der Waals surface area contributed by atoms with Gasteiger partial charge >= 0.3 is 0 Å². The molecule has 6 nitrogen and oxygen atoms in total. The van der Waals surface area contributed by atoms with Crippen LogP contribution < -0.4 is 10.6 Å². The van der Waals surface area contributed by atoms with E-state index in [0.717, 1.165) is 30.4 Å². The van der Waals surface area contributed by atoms with E-state index >= 15 is 0 Å². The Balaban J connectivity index is 0.00000264. The molecule has 0 saturated carbocycles. The third-order valence-electron chi connectivity index (χ3n) is 2.97. The van der Waals surface area contributed by atoms with Gasteiger partial charge in [0.15, 0.2) is 5.96 Å². The second-order valence-electron chi connectivity index (χ2n) is 4.66. The maximum atomic E-state index is 5.31. The van der Waals surface area contributed by atoms with Gasteiger partial charge in [0.25, 0.3) is 0 Å². The summed E-state index contributed by atoms with van der Waals surface area (Å²) in [5.74, 6) is 1.70. The second-order valence-corrected chi connectivity index (χ2v) is 4.66. The molecule has 2 aromatic rings. The topological polar surface area (TPSA) is 71.7 Å². The van der Waals surface area contributed by atoms with E-state index in [1.54, 1.807) is 19.6 Å². The highest BCUT2D eigenvalue weighted by atomic mass is 127. The maximum absolute atomic E-state index is 5.31. The molecule has 0 radical (unpaired) electrons. The normalized spacial score (nSPS) is 10.9. The van der Waals surface area contributed by atoms with E-state index in [0.29, 0.717) is 19.7 Å². The largest absolute Gasteiger partial charge is 0.469 e.